The summed E-state index contributed by atoms with van der Waals surface area (Å²) in [6, 6.07) is 13.4. The van der Waals surface area contributed by atoms with Crippen LogP contribution in [0, 0.1) is 11.8 Å². The molecule has 12 nitrogen and oxygen atoms in total. The van der Waals surface area contributed by atoms with Crippen molar-refractivity contribution in [3.63, 3.8) is 0 Å². The molecule has 4 rings (SSSR count). The Labute approximate surface area is 299 Å². The first-order chi connectivity index (χ1) is 23.7. The fourth-order valence-electron chi connectivity index (χ4n) is 6.04. The van der Waals surface area contributed by atoms with Gasteiger partial charge >= 0.3 is 6.03 Å². The number of aromatic nitrogens is 1. The molecule has 3 aromatic rings. The normalized spacial score (nSPS) is 15.9. The summed E-state index contributed by atoms with van der Waals surface area (Å²) < 4.78 is 29.0. The van der Waals surface area contributed by atoms with E-state index in [9.17, 15) is 23.1 Å². The second-order valence-electron chi connectivity index (χ2n) is 13.8. The van der Waals surface area contributed by atoms with Crippen LogP contribution < -0.4 is 5.32 Å². The van der Waals surface area contributed by atoms with E-state index in [1.165, 1.54) is 34.8 Å². The first-order valence-electron chi connectivity index (χ1n) is 17.0. The molecule has 3 atom stereocenters. The van der Waals surface area contributed by atoms with Gasteiger partial charge in [-0.3, -0.25) is 4.79 Å². The predicted octanol–water partition coefficient (Wildman–Crippen LogP) is 4.77. The number of urea groups is 1. The van der Waals surface area contributed by atoms with Crippen molar-refractivity contribution in [1.82, 2.24) is 24.4 Å². The molecule has 2 aromatic carbocycles. The number of carbonyl (C=O) groups excluding carboxylic acids is 2. The van der Waals surface area contributed by atoms with Crippen molar-refractivity contribution in [2.24, 2.45) is 17.0 Å². The van der Waals surface area contributed by atoms with Crippen LogP contribution in [0.4, 0.5) is 4.79 Å². The van der Waals surface area contributed by atoms with Crippen LogP contribution in [-0.2, 0) is 27.8 Å². The molecule has 0 unspecified atom stereocenters. The summed E-state index contributed by atoms with van der Waals surface area (Å²) in [6.07, 6.45) is 0.154. The Morgan fingerprint density at radius 1 is 1.04 bits per heavy atom. The van der Waals surface area contributed by atoms with E-state index in [-0.39, 0.29) is 42.3 Å². The largest absolute Gasteiger partial charge is 0.411 e. The van der Waals surface area contributed by atoms with Gasteiger partial charge < -0.3 is 25.4 Å². The predicted molar refractivity (Wildman–Crippen MR) is 195 cm³/mol. The zero-order valence-corrected chi connectivity index (χ0v) is 31.3. The molecule has 2 heterocycles. The molecule has 1 aliphatic rings. The van der Waals surface area contributed by atoms with Gasteiger partial charge in [-0.2, -0.15) is 4.31 Å². The maximum Gasteiger partial charge on any atom is 0.321 e. The minimum absolute atomic E-state index is 0.0270. The Balaban J connectivity index is 1.56. The number of rotatable bonds is 17. The lowest BCUT2D eigenvalue weighted by molar-refractivity contribution is -0.128. The molecule has 0 radical (unpaired) electrons. The maximum absolute atomic E-state index is 14.1. The second kappa shape index (κ2) is 17.4. The summed E-state index contributed by atoms with van der Waals surface area (Å²) in [5.41, 5.74) is 2.20. The van der Waals surface area contributed by atoms with Gasteiger partial charge in [-0.05, 0) is 41.5 Å². The van der Waals surface area contributed by atoms with Crippen molar-refractivity contribution >= 4 is 39.5 Å². The van der Waals surface area contributed by atoms with Crippen molar-refractivity contribution < 1.29 is 28.3 Å². The van der Waals surface area contributed by atoms with Crippen LogP contribution in [0.1, 0.15) is 69.3 Å². The minimum atomic E-state index is -4.05. The van der Waals surface area contributed by atoms with E-state index in [0.29, 0.717) is 31.1 Å². The van der Waals surface area contributed by atoms with Crippen molar-refractivity contribution in [3.8, 4) is 0 Å². The third-order valence-corrected chi connectivity index (χ3v) is 11.6. The first kappa shape index (κ1) is 38.9. The number of aliphatic hydroxyl groups excluding tert-OH is 1. The number of aliphatic hydroxyl groups is 1. The molecular weight excluding hydrogens is 677 g/mol. The number of carbonyl (C=O) groups is 2. The summed E-state index contributed by atoms with van der Waals surface area (Å²) in [4.78, 5) is 35.8. The number of hydrogen-bond donors (Lipinski definition) is 3. The van der Waals surface area contributed by atoms with E-state index >= 15 is 0 Å². The average Bonchev–Trinajstić information content (AvgIpc) is 3.68. The summed E-state index contributed by atoms with van der Waals surface area (Å²) in [6.45, 7) is 12.7. The zero-order valence-electron chi connectivity index (χ0n) is 29.6. The van der Waals surface area contributed by atoms with E-state index in [1.807, 2.05) is 63.4 Å². The first-order valence-corrected chi connectivity index (χ1v) is 19.3. The molecule has 0 bridgehead atoms. The standard InChI is InChI=1S/C36H50N6O6S2/c1-24(2)20-41(50(47,48)30-14-12-28(13-15-30)19-37-46)22-32(43)31(18-27-10-8-7-9-11-27)39-34(44)33(25(3)4)42-17-16-40(36(42)45)21-29-23-49-35(38-29)26(5)6/h7-15,19,23-26,31-33,43,46H,16-18,20-22H2,1-6H3,(H,39,44)/b37-19+/t31-,32+,33-/m0/s1. The van der Waals surface area contributed by atoms with Gasteiger partial charge in [-0.25, -0.2) is 18.2 Å². The lowest BCUT2D eigenvalue weighted by Crippen LogP contribution is -2.57. The van der Waals surface area contributed by atoms with Gasteiger partial charge in [0, 0.05) is 37.5 Å². The summed E-state index contributed by atoms with van der Waals surface area (Å²) >= 11 is 1.57. The molecule has 1 aromatic heterocycles. The number of nitrogens with zero attached hydrogens (tertiary/aromatic N) is 5. The van der Waals surface area contributed by atoms with Crippen LogP contribution in [0.3, 0.4) is 0 Å². The van der Waals surface area contributed by atoms with Crippen molar-refractivity contribution in [2.45, 2.75) is 83.5 Å². The summed E-state index contributed by atoms with van der Waals surface area (Å²) in [7, 11) is -4.05. The Morgan fingerprint density at radius 2 is 1.72 bits per heavy atom. The molecule has 3 N–H and O–H groups in total. The smallest absolute Gasteiger partial charge is 0.321 e. The number of benzene rings is 2. The fourth-order valence-corrected chi connectivity index (χ4v) is 8.49. The molecule has 272 valence electrons. The van der Waals surface area contributed by atoms with Gasteiger partial charge in [-0.1, -0.05) is 89.2 Å². The Bertz CT molecular complexity index is 1700. The van der Waals surface area contributed by atoms with Crippen LogP contribution >= 0.6 is 11.3 Å². The van der Waals surface area contributed by atoms with E-state index in [0.717, 1.165) is 16.3 Å². The van der Waals surface area contributed by atoms with Crippen molar-refractivity contribution in [1.29, 1.82) is 0 Å². The number of nitrogens with one attached hydrogen (secondary N) is 1. The summed E-state index contributed by atoms with van der Waals surface area (Å²) in [5, 5.41) is 29.6. The highest BCUT2D eigenvalue weighted by atomic mass is 32.2. The van der Waals surface area contributed by atoms with Crippen LogP contribution in [0.25, 0.3) is 0 Å². The van der Waals surface area contributed by atoms with Gasteiger partial charge in [0.05, 0.1) is 40.5 Å². The molecule has 14 heteroatoms. The molecule has 1 saturated heterocycles. The van der Waals surface area contributed by atoms with Crippen LogP contribution in [0.2, 0.25) is 0 Å². The van der Waals surface area contributed by atoms with Gasteiger partial charge in [0.15, 0.2) is 0 Å². The molecular formula is C36H50N6O6S2. The Kier molecular flexibility index (Phi) is 13.5. The highest BCUT2D eigenvalue weighted by Gasteiger charge is 2.40. The summed E-state index contributed by atoms with van der Waals surface area (Å²) in [5.74, 6) is -0.414. The van der Waals surface area contributed by atoms with E-state index in [4.69, 9.17) is 5.21 Å². The third kappa shape index (κ3) is 9.89. The topological polar surface area (TPSA) is 156 Å². The highest BCUT2D eigenvalue weighted by molar-refractivity contribution is 7.89. The van der Waals surface area contributed by atoms with Crippen LogP contribution in [0.15, 0.2) is 70.0 Å². The molecule has 50 heavy (non-hydrogen) atoms. The molecule has 1 aliphatic heterocycles. The van der Waals surface area contributed by atoms with Crippen molar-refractivity contribution in [3.05, 3.63) is 81.8 Å². The molecule has 0 spiro atoms. The van der Waals surface area contributed by atoms with Gasteiger partial charge in [0.25, 0.3) is 0 Å². The van der Waals surface area contributed by atoms with Crippen molar-refractivity contribution in [2.75, 3.05) is 26.2 Å². The fraction of sp³-hybridized carbons (Fsp3) is 0.500. The molecule has 3 amide bonds. The number of sulfonamides is 1. The van der Waals surface area contributed by atoms with Gasteiger partial charge in [0.2, 0.25) is 15.9 Å². The second-order valence-corrected chi connectivity index (χ2v) is 16.6. The maximum atomic E-state index is 14.1. The van der Waals surface area contributed by atoms with Gasteiger partial charge in [-0.15, -0.1) is 11.3 Å². The highest BCUT2D eigenvalue weighted by Crippen LogP contribution is 2.25. The quantitative estimate of drug-likeness (QED) is 0.103. The third-order valence-electron chi connectivity index (χ3n) is 8.55. The van der Waals surface area contributed by atoms with E-state index in [2.05, 4.69) is 29.3 Å². The number of thiazole rings is 1. The Morgan fingerprint density at radius 3 is 2.30 bits per heavy atom. The molecule has 0 saturated carbocycles. The lowest BCUT2D eigenvalue weighted by atomic mass is 9.97. The monoisotopic (exact) mass is 726 g/mol. The van der Waals surface area contributed by atoms with E-state index in [1.54, 1.807) is 21.1 Å². The number of oxime groups is 1. The molecule has 1 fully saturated rings. The minimum Gasteiger partial charge on any atom is -0.411 e. The average molecular weight is 727 g/mol. The van der Waals surface area contributed by atoms with Gasteiger partial charge in [0.1, 0.15) is 6.04 Å². The Hall–Kier alpha value is -3.85. The van der Waals surface area contributed by atoms with Crippen LogP contribution in [-0.4, -0.2) is 100 Å². The number of hydrogen-bond acceptors (Lipinski definition) is 9. The SMILES string of the molecule is CC(C)CN(C[C@@H](O)[C@H](Cc1ccccc1)NC(=O)[C@H](C(C)C)N1CCN(Cc2csc(C(C)C)n2)C1=O)S(=O)(=O)c1ccc(/C=N/O)cc1. The zero-order chi connectivity index (χ0) is 36.6. The van der Waals surface area contributed by atoms with Crippen LogP contribution in [0.5, 0.6) is 0 Å². The lowest BCUT2D eigenvalue weighted by Gasteiger charge is -2.34. The van der Waals surface area contributed by atoms with E-state index < -0.39 is 34.1 Å². The molecule has 0 aliphatic carbocycles. The number of amides is 3.